The fourth-order valence-corrected chi connectivity index (χ4v) is 7.04. The van der Waals surface area contributed by atoms with Crippen LogP contribution in [0.5, 0.6) is 17.2 Å². The van der Waals surface area contributed by atoms with Gasteiger partial charge >= 0.3 is 11.9 Å². The summed E-state index contributed by atoms with van der Waals surface area (Å²) in [7, 11) is 3.08. The molecule has 0 heterocycles. The predicted molar refractivity (Wildman–Crippen MR) is 144 cm³/mol. The minimum Gasteiger partial charge on any atom is -0.508 e. The molecule has 0 bridgehead atoms. The Kier molecular flexibility index (Phi) is 8.34. The number of carbonyl (C=O) groups is 2. The molecular formula is C31H38O7. The summed E-state index contributed by atoms with van der Waals surface area (Å²) in [6, 6.07) is 11.1. The first kappa shape index (κ1) is 27.6. The average Bonchev–Trinajstić information content (AvgIpc) is 3.22. The third-order valence-electron chi connectivity index (χ3n) is 8.76. The molecule has 2 saturated carbocycles. The van der Waals surface area contributed by atoms with Gasteiger partial charge in [0.05, 0.1) is 14.2 Å². The van der Waals surface area contributed by atoms with Crippen molar-refractivity contribution in [2.75, 3.05) is 14.2 Å². The van der Waals surface area contributed by atoms with Crippen molar-refractivity contribution >= 4 is 18.0 Å². The highest BCUT2D eigenvalue weighted by Crippen LogP contribution is 2.61. The molecule has 204 valence electrons. The van der Waals surface area contributed by atoms with Crippen LogP contribution in [0.4, 0.5) is 0 Å². The minimum absolute atomic E-state index is 0.104. The summed E-state index contributed by atoms with van der Waals surface area (Å²) >= 11 is 0. The Labute approximate surface area is 224 Å². The molecule has 5 unspecified atom stereocenters. The molecule has 2 aromatic carbocycles. The second kappa shape index (κ2) is 11.5. The fraction of sp³-hybridized carbons (Fsp3) is 0.484. The number of aromatic hydroxyl groups is 1. The van der Waals surface area contributed by atoms with E-state index in [1.54, 1.807) is 25.3 Å². The third kappa shape index (κ3) is 5.66. The maximum atomic E-state index is 11.4. The number of carboxylic acids is 1. The summed E-state index contributed by atoms with van der Waals surface area (Å²) in [6.07, 6.45) is 9.45. The van der Waals surface area contributed by atoms with Crippen LogP contribution in [0.2, 0.25) is 0 Å². The zero-order chi connectivity index (χ0) is 27.4. The van der Waals surface area contributed by atoms with Crippen molar-refractivity contribution in [3.05, 3.63) is 59.2 Å². The van der Waals surface area contributed by atoms with E-state index in [9.17, 15) is 14.7 Å². The Morgan fingerprint density at radius 1 is 1.00 bits per heavy atom. The van der Waals surface area contributed by atoms with E-state index >= 15 is 0 Å². The molecular weight excluding hydrogens is 484 g/mol. The number of rotatable bonds is 5. The summed E-state index contributed by atoms with van der Waals surface area (Å²) < 4.78 is 15.8. The standard InChI is InChI=1S/C20H26O3.C11H12O4/c1-12(21)23-19-8-7-18-17-5-3-13-11-14(22)4-6-15(13)16(17)9-10-20(18,19)2;1-14-9-5-3-8(4-6-11(12)13)7-10(9)15-2/h4,6,11,16-19,22H,3,5,7-10H2,1-2H3;3-7H,1-2H3,(H,12,13). The smallest absolute Gasteiger partial charge is 0.328 e. The van der Waals surface area contributed by atoms with E-state index in [0.29, 0.717) is 35.0 Å². The van der Waals surface area contributed by atoms with Crippen molar-refractivity contribution in [2.24, 2.45) is 17.3 Å². The van der Waals surface area contributed by atoms with Gasteiger partial charge < -0.3 is 24.4 Å². The fourth-order valence-electron chi connectivity index (χ4n) is 7.04. The van der Waals surface area contributed by atoms with Crippen LogP contribution in [0.15, 0.2) is 42.5 Å². The largest absolute Gasteiger partial charge is 0.508 e. The second-order valence-electron chi connectivity index (χ2n) is 10.8. The lowest BCUT2D eigenvalue weighted by Crippen LogP contribution is -2.45. The van der Waals surface area contributed by atoms with Gasteiger partial charge in [0, 0.05) is 18.4 Å². The van der Waals surface area contributed by atoms with Gasteiger partial charge in [-0.05, 0) is 103 Å². The summed E-state index contributed by atoms with van der Waals surface area (Å²) in [5.41, 5.74) is 3.69. The van der Waals surface area contributed by atoms with Crippen LogP contribution in [0.3, 0.4) is 0 Å². The normalized spacial score (nSPS) is 27.3. The lowest BCUT2D eigenvalue weighted by molar-refractivity contribution is -0.154. The van der Waals surface area contributed by atoms with E-state index in [1.807, 2.05) is 12.1 Å². The van der Waals surface area contributed by atoms with Crippen LogP contribution in [-0.2, 0) is 20.7 Å². The molecule has 0 radical (unpaired) electrons. The van der Waals surface area contributed by atoms with E-state index in [4.69, 9.17) is 19.3 Å². The molecule has 0 spiro atoms. The van der Waals surface area contributed by atoms with Crippen LogP contribution in [0.25, 0.3) is 6.08 Å². The number of carboxylic acid groups (broad SMARTS) is 1. The molecule has 0 amide bonds. The lowest BCUT2D eigenvalue weighted by Gasteiger charge is -2.50. The van der Waals surface area contributed by atoms with E-state index < -0.39 is 5.97 Å². The number of phenols is 1. The zero-order valence-electron chi connectivity index (χ0n) is 22.6. The molecule has 3 aliphatic rings. The first-order chi connectivity index (χ1) is 18.2. The number of benzene rings is 2. The third-order valence-corrected chi connectivity index (χ3v) is 8.76. The molecule has 2 N–H and O–H groups in total. The van der Waals surface area contributed by atoms with Gasteiger partial charge in [-0.1, -0.05) is 19.1 Å². The van der Waals surface area contributed by atoms with Gasteiger partial charge in [0.1, 0.15) is 11.9 Å². The van der Waals surface area contributed by atoms with Crippen molar-refractivity contribution in [3.63, 3.8) is 0 Å². The molecule has 0 aromatic heterocycles. The van der Waals surface area contributed by atoms with Crippen LogP contribution in [0.1, 0.15) is 68.6 Å². The topological polar surface area (TPSA) is 102 Å². The number of phenolic OH excluding ortho intramolecular Hbond substituents is 1. The molecule has 5 atom stereocenters. The Morgan fingerprint density at radius 2 is 1.76 bits per heavy atom. The van der Waals surface area contributed by atoms with Crippen molar-refractivity contribution in [1.29, 1.82) is 0 Å². The Morgan fingerprint density at radius 3 is 2.45 bits per heavy atom. The summed E-state index contributed by atoms with van der Waals surface area (Å²) in [5, 5.41) is 18.2. The zero-order valence-corrected chi connectivity index (χ0v) is 22.6. The van der Waals surface area contributed by atoms with Gasteiger partial charge in [0.25, 0.3) is 0 Å². The maximum absolute atomic E-state index is 11.4. The molecule has 0 saturated heterocycles. The van der Waals surface area contributed by atoms with Crippen molar-refractivity contribution in [1.82, 2.24) is 0 Å². The number of aliphatic carboxylic acids is 1. The first-order valence-corrected chi connectivity index (χ1v) is 13.3. The average molecular weight is 523 g/mol. The van der Waals surface area contributed by atoms with Crippen LogP contribution >= 0.6 is 0 Å². The minimum atomic E-state index is -0.982. The highest BCUT2D eigenvalue weighted by molar-refractivity contribution is 5.85. The number of hydrogen-bond donors (Lipinski definition) is 2. The van der Waals surface area contributed by atoms with Crippen LogP contribution in [0, 0.1) is 17.3 Å². The molecule has 38 heavy (non-hydrogen) atoms. The number of carbonyl (C=O) groups excluding carboxylic acids is 1. The van der Waals surface area contributed by atoms with Crippen LogP contribution in [-0.4, -0.2) is 42.5 Å². The first-order valence-electron chi connectivity index (χ1n) is 13.3. The SMILES string of the molecule is CC(=O)OC1CCC2C3CCc4cc(O)ccc4C3CCC12C.COc1ccc(C=CC(=O)O)cc1OC. The maximum Gasteiger partial charge on any atom is 0.328 e. The highest BCUT2D eigenvalue weighted by atomic mass is 16.5. The molecule has 7 nitrogen and oxygen atoms in total. The van der Waals surface area contributed by atoms with Crippen molar-refractivity contribution < 1.29 is 34.0 Å². The molecule has 5 rings (SSSR count). The number of fused-ring (bicyclic) bond motifs is 5. The van der Waals surface area contributed by atoms with E-state index in [2.05, 4.69) is 13.0 Å². The van der Waals surface area contributed by atoms with Gasteiger partial charge in [-0.25, -0.2) is 4.79 Å². The molecule has 0 aliphatic heterocycles. The van der Waals surface area contributed by atoms with E-state index in [-0.39, 0.29) is 17.5 Å². The summed E-state index contributed by atoms with van der Waals surface area (Å²) in [4.78, 5) is 21.8. The Hall–Kier alpha value is -3.48. The number of hydrogen-bond acceptors (Lipinski definition) is 6. The number of esters is 1. The van der Waals surface area contributed by atoms with Crippen molar-refractivity contribution in [2.45, 2.75) is 64.4 Å². The van der Waals surface area contributed by atoms with Gasteiger partial charge in [0.2, 0.25) is 0 Å². The predicted octanol–water partition coefficient (Wildman–Crippen LogP) is 5.98. The van der Waals surface area contributed by atoms with Gasteiger partial charge in [-0.2, -0.15) is 0 Å². The van der Waals surface area contributed by atoms with Gasteiger partial charge in [-0.15, -0.1) is 0 Å². The van der Waals surface area contributed by atoms with E-state index in [0.717, 1.165) is 30.9 Å². The molecule has 2 fully saturated rings. The summed E-state index contributed by atoms with van der Waals surface area (Å²) in [5.74, 6) is 2.44. The molecule has 2 aromatic rings. The number of ether oxygens (including phenoxy) is 3. The Balaban J connectivity index is 0.000000196. The van der Waals surface area contributed by atoms with E-state index in [1.165, 1.54) is 50.5 Å². The Bertz CT molecular complexity index is 1200. The second-order valence-corrected chi connectivity index (χ2v) is 10.8. The highest BCUT2D eigenvalue weighted by Gasteiger charge is 2.56. The van der Waals surface area contributed by atoms with Gasteiger partial charge in [-0.3, -0.25) is 4.79 Å². The molecule has 7 heteroatoms. The quantitative estimate of drug-likeness (QED) is 0.368. The number of methoxy groups -OCH3 is 2. The van der Waals surface area contributed by atoms with Gasteiger partial charge in [0.15, 0.2) is 11.5 Å². The molecule has 3 aliphatic carbocycles. The summed E-state index contributed by atoms with van der Waals surface area (Å²) in [6.45, 7) is 3.88. The monoisotopic (exact) mass is 522 g/mol. The van der Waals surface area contributed by atoms with Crippen LogP contribution < -0.4 is 9.47 Å². The number of aryl methyl sites for hydroxylation is 1. The van der Waals surface area contributed by atoms with Crippen molar-refractivity contribution in [3.8, 4) is 17.2 Å². The lowest BCUT2D eigenvalue weighted by atomic mass is 9.55.